The summed E-state index contributed by atoms with van der Waals surface area (Å²) in [5.74, 6) is 1.08. The van der Waals surface area contributed by atoms with Crippen molar-refractivity contribution in [2.45, 2.75) is 32.7 Å². The van der Waals surface area contributed by atoms with Crippen LogP contribution in [0.4, 0.5) is 5.69 Å². The van der Waals surface area contributed by atoms with Crippen LogP contribution in [0.1, 0.15) is 42.1 Å². The Labute approximate surface area is 164 Å². The van der Waals surface area contributed by atoms with Gasteiger partial charge in [0.1, 0.15) is 11.3 Å². The molecule has 3 rings (SSSR count). The van der Waals surface area contributed by atoms with Gasteiger partial charge in [0.05, 0.1) is 29.5 Å². The summed E-state index contributed by atoms with van der Waals surface area (Å²) in [5.41, 5.74) is 0.0505. The molecule has 0 atom stereocenters. The van der Waals surface area contributed by atoms with Crippen LogP contribution in [0, 0.1) is 0 Å². The molecule has 0 aliphatic carbocycles. The Morgan fingerprint density at radius 1 is 1.18 bits per heavy atom. The van der Waals surface area contributed by atoms with Crippen LogP contribution >= 0.6 is 0 Å². The van der Waals surface area contributed by atoms with Crippen molar-refractivity contribution < 1.29 is 18.5 Å². The van der Waals surface area contributed by atoms with Gasteiger partial charge in [-0.1, -0.05) is 6.42 Å². The van der Waals surface area contributed by atoms with Crippen molar-refractivity contribution in [3.05, 3.63) is 39.8 Å². The Kier molecular flexibility index (Phi) is 5.93. The van der Waals surface area contributed by atoms with E-state index >= 15 is 0 Å². The Morgan fingerprint density at radius 3 is 2.46 bits per heavy atom. The van der Waals surface area contributed by atoms with Crippen molar-refractivity contribution in [3.63, 3.8) is 0 Å². The van der Waals surface area contributed by atoms with E-state index in [2.05, 4.69) is 9.46 Å². The van der Waals surface area contributed by atoms with Crippen molar-refractivity contribution >= 4 is 21.2 Å². The van der Waals surface area contributed by atoms with Crippen molar-refractivity contribution in [1.29, 1.82) is 0 Å². The Bertz CT molecular complexity index is 1050. The Morgan fingerprint density at radius 2 is 1.89 bits per heavy atom. The average molecular weight is 407 g/mol. The fourth-order valence-electron chi connectivity index (χ4n) is 3.33. The number of hydrogen-bond donors (Lipinski definition) is 1. The summed E-state index contributed by atoms with van der Waals surface area (Å²) in [4.78, 5) is 25.4. The van der Waals surface area contributed by atoms with E-state index in [-0.39, 0.29) is 22.6 Å². The third-order valence-corrected chi connectivity index (χ3v) is 7.22. The van der Waals surface area contributed by atoms with Crippen molar-refractivity contribution in [2.75, 3.05) is 25.7 Å². The molecule has 2 aromatic rings. The fraction of sp³-hybridized carbons (Fsp3) is 0.474. The number of rotatable bonds is 6. The van der Waals surface area contributed by atoms with Crippen LogP contribution < -0.4 is 15.0 Å². The number of carbonyl (C=O) groups excluding carboxylic acids is 1. The molecule has 1 aromatic heterocycles. The topological polar surface area (TPSA) is 103 Å². The monoisotopic (exact) mass is 407 g/mol. The van der Waals surface area contributed by atoms with Crippen molar-refractivity contribution in [2.24, 2.45) is 4.36 Å². The SMILES string of the molecule is CCn1[nH]cc(C(=O)c2ccc(OC)c(N=S3(=O)CCCCC3)c2OC)c1=O. The number of carbonyl (C=O) groups is 1. The zero-order valence-corrected chi connectivity index (χ0v) is 17.1. The van der Waals surface area contributed by atoms with E-state index in [1.54, 1.807) is 13.0 Å². The van der Waals surface area contributed by atoms with E-state index < -0.39 is 21.1 Å². The Balaban J connectivity index is 2.17. The van der Waals surface area contributed by atoms with Gasteiger partial charge in [0, 0.05) is 24.2 Å². The zero-order valence-electron chi connectivity index (χ0n) is 16.3. The minimum absolute atomic E-state index is 0.0121. The number of aromatic amines is 1. The molecule has 9 heteroatoms. The van der Waals surface area contributed by atoms with E-state index in [0.717, 1.165) is 19.3 Å². The van der Waals surface area contributed by atoms with Gasteiger partial charge in [0.25, 0.3) is 5.56 Å². The standard InChI is InChI=1S/C19H25N3O5S/c1-4-22-19(24)14(12-20-22)17(23)13-8-9-15(26-2)16(18(13)27-3)21-28(25)10-6-5-7-11-28/h8-9,12,20H,4-7,10-11H2,1-3H3. The van der Waals surface area contributed by atoms with Crippen molar-refractivity contribution in [3.8, 4) is 11.5 Å². The predicted octanol–water partition coefficient (Wildman–Crippen LogP) is 2.73. The molecule has 8 nitrogen and oxygen atoms in total. The predicted molar refractivity (Wildman–Crippen MR) is 108 cm³/mol. The molecule has 1 aromatic carbocycles. The van der Waals surface area contributed by atoms with Crippen LogP contribution in [0.25, 0.3) is 0 Å². The summed E-state index contributed by atoms with van der Waals surface area (Å²) >= 11 is 0. The number of H-pyrrole nitrogens is 1. The number of nitrogens with zero attached hydrogens (tertiary/aromatic N) is 2. The minimum atomic E-state index is -2.44. The van der Waals surface area contributed by atoms with E-state index in [1.807, 2.05) is 0 Å². The van der Waals surface area contributed by atoms with E-state index in [9.17, 15) is 13.8 Å². The number of aromatic nitrogens is 2. The molecule has 0 unspecified atom stereocenters. The molecule has 1 saturated heterocycles. The van der Waals surface area contributed by atoms with Gasteiger partial charge >= 0.3 is 0 Å². The highest BCUT2D eigenvalue weighted by Crippen LogP contribution is 2.42. The first-order valence-corrected chi connectivity index (χ1v) is 11.1. The van der Waals surface area contributed by atoms with E-state index in [4.69, 9.17) is 9.47 Å². The number of methoxy groups -OCH3 is 2. The number of ketones is 1. The van der Waals surface area contributed by atoms with Gasteiger partial charge in [-0.3, -0.25) is 14.3 Å². The van der Waals surface area contributed by atoms with Crippen LogP contribution in [0.5, 0.6) is 11.5 Å². The quantitative estimate of drug-likeness (QED) is 0.742. The first-order chi connectivity index (χ1) is 13.4. The smallest absolute Gasteiger partial charge is 0.277 e. The molecule has 1 aliphatic heterocycles. The van der Waals surface area contributed by atoms with Crippen LogP contribution in [0.15, 0.2) is 27.5 Å². The molecule has 1 N–H and O–H groups in total. The van der Waals surface area contributed by atoms with E-state index in [1.165, 1.54) is 31.2 Å². The molecule has 0 bridgehead atoms. The fourth-order valence-corrected chi connectivity index (χ4v) is 5.53. The second-order valence-electron chi connectivity index (χ2n) is 6.60. The zero-order chi connectivity index (χ0) is 20.3. The van der Waals surface area contributed by atoms with Crippen LogP contribution in [0.3, 0.4) is 0 Å². The lowest BCUT2D eigenvalue weighted by molar-refractivity contribution is 0.103. The molecular weight excluding hydrogens is 382 g/mol. The third-order valence-electron chi connectivity index (χ3n) is 4.85. The second-order valence-corrected chi connectivity index (χ2v) is 9.14. The first-order valence-electron chi connectivity index (χ1n) is 9.24. The number of ether oxygens (including phenoxy) is 2. The highest BCUT2D eigenvalue weighted by Gasteiger charge is 2.25. The van der Waals surface area contributed by atoms with Gasteiger partial charge < -0.3 is 14.6 Å². The lowest BCUT2D eigenvalue weighted by atomic mass is 10.0. The largest absolute Gasteiger partial charge is 0.494 e. The first kappa shape index (κ1) is 20.2. The highest BCUT2D eigenvalue weighted by atomic mass is 32.2. The van der Waals surface area contributed by atoms with Gasteiger partial charge in [0.15, 0.2) is 11.4 Å². The summed E-state index contributed by atoms with van der Waals surface area (Å²) in [5, 5.41) is 2.77. The lowest BCUT2D eigenvalue weighted by Crippen LogP contribution is -2.21. The normalized spacial score (nSPS) is 15.8. The molecule has 28 heavy (non-hydrogen) atoms. The van der Waals surface area contributed by atoms with Gasteiger partial charge in [-0.15, -0.1) is 0 Å². The maximum atomic E-state index is 13.1. The maximum absolute atomic E-state index is 13.1. The summed E-state index contributed by atoms with van der Waals surface area (Å²) in [7, 11) is 0.456. The summed E-state index contributed by atoms with van der Waals surface area (Å²) in [6.45, 7) is 2.23. The molecule has 0 spiro atoms. The molecule has 0 saturated carbocycles. The average Bonchev–Trinajstić information content (AvgIpc) is 3.07. The molecule has 1 aliphatic rings. The van der Waals surface area contributed by atoms with Gasteiger partial charge in [-0.2, -0.15) is 4.36 Å². The maximum Gasteiger partial charge on any atom is 0.277 e. The van der Waals surface area contributed by atoms with Crippen LogP contribution in [-0.2, 0) is 16.3 Å². The van der Waals surface area contributed by atoms with Gasteiger partial charge in [0.2, 0.25) is 5.78 Å². The second kappa shape index (κ2) is 8.22. The minimum Gasteiger partial charge on any atom is -0.494 e. The number of nitrogens with one attached hydrogen (secondary N) is 1. The highest BCUT2D eigenvalue weighted by molar-refractivity contribution is 7.93. The molecule has 2 heterocycles. The third kappa shape index (κ3) is 3.71. The molecule has 1 fully saturated rings. The number of benzene rings is 1. The Hall–Kier alpha value is -2.55. The van der Waals surface area contributed by atoms with Crippen LogP contribution in [-0.4, -0.2) is 45.5 Å². The van der Waals surface area contributed by atoms with Crippen molar-refractivity contribution in [1.82, 2.24) is 9.78 Å². The van der Waals surface area contributed by atoms with Gasteiger partial charge in [-0.25, -0.2) is 4.21 Å². The summed E-state index contributed by atoms with van der Waals surface area (Å²) < 4.78 is 29.8. The van der Waals surface area contributed by atoms with Gasteiger partial charge in [-0.05, 0) is 31.9 Å². The number of hydrogen-bond acceptors (Lipinski definition) is 6. The molecular formula is C19H25N3O5S. The molecule has 0 amide bonds. The molecule has 0 radical (unpaired) electrons. The van der Waals surface area contributed by atoms with Crippen LogP contribution in [0.2, 0.25) is 0 Å². The molecule has 152 valence electrons. The summed E-state index contributed by atoms with van der Waals surface area (Å²) in [6.07, 6.45) is 4.13. The lowest BCUT2D eigenvalue weighted by Gasteiger charge is -2.18. The summed E-state index contributed by atoms with van der Waals surface area (Å²) in [6, 6.07) is 3.13. The van der Waals surface area contributed by atoms with E-state index in [0.29, 0.717) is 23.8 Å². The number of aryl methyl sites for hydroxylation is 1.